The third-order valence-electron chi connectivity index (χ3n) is 2.01. The van der Waals surface area contributed by atoms with E-state index >= 15 is 0 Å². The summed E-state index contributed by atoms with van der Waals surface area (Å²) in [5, 5.41) is 8.40. The third-order valence-corrected chi connectivity index (χ3v) is 2.53. The van der Waals surface area contributed by atoms with Crippen molar-refractivity contribution in [2.75, 3.05) is 12.4 Å². The van der Waals surface area contributed by atoms with Crippen molar-refractivity contribution in [1.29, 1.82) is 0 Å². The molecule has 1 N–H and O–H groups in total. The number of nitrogens with one attached hydrogen (secondary N) is 1. The molecule has 2 aromatic rings. The van der Waals surface area contributed by atoms with Crippen LogP contribution >= 0.6 is 23.2 Å². The first-order valence-corrected chi connectivity index (χ1v) is 5.15. The van der Waals surface area contributed by atoms with E-state index in [0.717, 1.165) is 11.5 Å². The predicted molar refractivity (Wildman–Crippen MR) is 63.1 cm³/mol. The van der Waals surface area contributed by atoms with E-state index in [2.05, 4.69) is 10.4 Å². The van der Waals surface area contributed by atoms with Crippen LogP contribution in [0, 0.1) is 0 Å². The van der Waals surface area contributed by atoms with Crippen LogP contribution in [0.2, 0.25) is 10.0 Å². The maximum atomic E-state index is 5.96. The number of hydrogen-bond donors (Lipinski definition) is 1. The summed E-state index contributed by atoms with van der Waals surface area (Å²) >= 11 is 11.9. The number of halogens is 2. The number of benzene rings is 1. The lowest BCUT2D eigenvalue weighted by atomic mass is 10.3. The molecule has 3 nitrogen and oxygen atoms in total. The van der Waals surface area contributed by atoms with Gasteiger partial charge in [-0.1, -0.05) is 29.3 Å². The lowest BCUT2D eigenvalue weighted by Crippen LogP contribution is -2.02. The summed E-state index contributed by atoms with van der Waals surface area (Å²) in [6, 6.07) is 7.42. The summed E-state index contributed by atoms with van der Waals surface area (Å²) in [4.78, 5) is 0. The van der Waals surface area contributed by atoms with Gasteiger partial charge in [0.05, 0.1) is 11.9 Å². The van der Waals surface area contributed by atoms with E-state index in [1.807, 2.05) is 24.3 Å². The lowest BCUT2D eigenvalue weighted by Gasteiger charge is -2.07. The maximum Gasteiger partial charge on any atom is 0.148 e. The van der Waals surface area contributed by atoms with E-state index in [4.69, 9.17) is 23.2 Å². The van der Waals surface area contributed by atoms with E-state index < -0.39 is 0 Å². The van der Waals surface area contributed by atoms with E-state index in [-0.39, 0.29) is 0 Å². The Labute approximate surface area is 97.6 Å². The second-order valence-corrected chi connectivity index (χ2v) is 3.83. The largest absolute Gasteiger partial charge is 0.372 e. The van der Waals surface area contributed by atoms with Crippen molar-refractivity contribution in [3.63, 3.8) is 0 Å². The fourth-order valence-corrected chi connectivity index (χ4v) is 1.76. The molecule has 0 saturated heterocycles. The molecule has 0 saturated carbocycles. The van der Waals surface area contributed by atoms with Gasteiger partial charge in [-0.05, 0) is 18.2 Å². The number of aromatic nitrogens is 2. The molecule has 0 aliphatic rings. The van der Waals surface area contributed by atoms with E-state index in [0.29, 0.717) is 10.0 Å². The summed E-state index contributed by atoms with van der Waals surface area (Å²) < 4.78 is 1.70. The van der Waals surface area contributed by atoms with Gasteiger partial charge in [-0.15, -0.1) is 0 Å². The lowest BCUT2D eigenvalue weighted by molar-refractivity contribution is 0.885. The molecule has 0 unspecified atom stereocenters. The van der Waals surface area contributed by atoms with Gasteiger partial charge in [0, 0.05) is 12.1 Å². The maximum absolute atomic E-state index is 5.96. The van der Waals surface area contributed by atoms with Crippen LogP contribution in [0.5, 0.6) is 0 Å². The fraction of sp³-hybridized carbons (Fsp3) is 0.100. The Hall–Kier alpha value is -1.19. The molecule has 0 bridgehead atoms. The van der Waals surface area contributed by atoms with Crippen molar-refractivity contribution >= 4 is 29.0 Å². The minimum atomic E-state index is 0.581. The van der Waals surface area contributed by atoms with Gasteiger partial charge in [-0.3, -0.25) is 0 Å². The molecule has 1 aromatic heterocycles. The molecular formula is C10H9Cl2N3. The number of hydrogen-bond acceptors (Lipinski definition) is 2. The van der Waals surface area contributed by atoms with Crippen LogP contribution in [0.15, 0.2) is 30.5 Å². The molecular weight excluding hydrogens is 233 g/mol. The Morgan fingerprint density at radius 1 is 1.33 bits per heavy atom. The first kappa shape index (κ1) is 10.3. The second kappa shape index (κ2) is 4.13. The van der Waals surface area contributed by atoms with Crippen LogP contribution in [-0.2, 0) is 0 Å². The Morgan fingerprint density at radius 2 is 2.13 bits per heavy atom. The van der Waals surface area contributed by atoms with Crippen LogP contribution in [0.4, 0.5) is 5.82 Å². The zero-order valence-electron chi connectivity index (χ0n) is 8.04. The predicted octanol–water partition coefficient (Wildman–Crippen LogP) is 3.22. The highest BCUT2D eigenvalue weighted by Gasteiger charge is 2.08. The van der Waals surface area contributed by atoms with Crippen LogP contribution in [-0.4, -0.2) is 16.8 Å². The second-order valence-electron chi connectivity index (χ2n) is 2.98. The molecule has 1 aromatic carbocycles. The molecule has 78 valence electrons. The van der Waals surface area contributed by atoms with Crippen molar-refractivity contribution in [1.82, 2.24) is 9.78 Å². The van der Waals surface area contributed by atoms with Crippen molar-refractivity contribution in [3.05, 3.63) is 40.5 Å². The van der Waals surface area contributed by atoms with Gasteiger partial charge in [0.2, 0.25) is 0 Å². The van der Waals surface area contributed by atoms with E-state index in [1.54, 1.807) is 17.9 Å². The molecule has 0 amide bonds. The average Bonchev–Trinajstić information content (AvgIpc) is 2.59. The third kappa shape index (κ3) is 1.94. The Bertz CT molecular complexity index is 479. The highest BCUT2D eigenvalue weighted by molar-refractivity contribution is 6.33. The van der Waals surface area contributed by atoms with Gasteiger partial charge in [0.15, 0.2) is 0 Å². The van der Waals surface area contributed by atoms with Crippen LogP contribution < -0.4 is 5.32 Å². The van der Waals surface area contributed by atoms with Gasteiger partial charge < -0.3 is 5.32 Å². The normalized spacial score (nSPS) is 10.3. The highest BCUT2D eigenvalue weighted by Crippen LogP contribution is 2.25. The zero-order chi connectivity index (χ0) is 10.8. The van der Waals surface area contributed by atoms with Crippen molar-refractivity contribution in [2.24, 2.45) is 0 Å². The quantitative estimate of drug-likeness (QED) is 0.876. The summed E-state index contributed by atoms with van der Waals surface area (Å²) in [6.45, 7) is 0. The van der Waals surface area contributed by atoms with Gasteiger partial charge in [-0.25, -0.2) is 4.68 Å². The molecule has 0 atom stereocenters. The summed E-state index contributed by atoms with van der Waals surface area (Å²) in [6.07, 6.45) is 1.59. The standard InChI is InChI=1S/C10H9Cl2N3/c1-13-10-9(12)6-14-15(10)8-4-2-3-7(11)5-8/h2-6,13H,1H3. The van der Waals surface area contributed by atoms with Gasteiger partial charge in [-0.2, -0.15) is 5.10 Å². The van der Waals surface area contributed by atoms with Gasteiger partial charge >= 0.3 is 0 Å². The topological polar surface area (TPSA) is 29.9 Å². The van der Waals surface area contributed by atoms with E-state index in [1.165, 1.54) is 0 Å². The molecule has 0 radical (unpaired) electrons. The summed E-state index contributed by atoms with van der Waals surface area (Å²) in [7, 11) is 1.80. The van der Waals surface area contributed by atoms with Crippen LogP contribution in [0.1, 0.15) is 0 Å². The minimum absolute atomic E-state index is 0.581. The molecule has 0 aliphatic heterocycles. The molecule has 2 rings (SSSR count). The fourth-order valence-electron chi connectivity index (χ4n) is 1.36. The highest BCUT2D eigenvalue weighted by atomic mass is 35.5. The molecule has 0 aliphatic carbocycles. The summed E-state index contributed by atoms with van der Waals surface area (Å²) in [5.74, 6) is 0.749. The van der Waals surface area contributed by atoms with Crippen LogP contribution in [0.25, 0.3) is 5.69 Å². The molecule has 5 heteroatoms. The molecule has 0 spiro atoms. The Morgan fingerprint density at radius 3 is 2.80 bits per heavy atom. The van der Waals surface area contributed by atoms with Crippen molar-refractivity contribution in [3.8, 4) is 5.69 Å². The Kier molecular flexibility index (Phi) is 2.84. The first-order valence-electron chi connectivity index (χ1n) is 4.39. The molecule has 0 fully saturated rings. The number of nitrogens with zero attached hydrogens (tertiary/aromatic N) is 2. The zero-order valence-corrected chi connectivity index (χ0v) is 9.55. The van der Waals surface area contributed by atoms with Crippen LogP contribution in [0.3, 0.4) is 0 Å². The van der Waals surface area contributed by atoms with Gasteiger partial charge in [0.1, 0.15) is 10.8 Å². The monoisotopic (exact) mass is 241 g/mol. The van der Waals surface area contributed by atoms with E-state index in [9.17, 15) is 0 Å². The SMILES string of the molecule is CNc1c(Cl)cnn1-c1cccc(Cl)c1. The minimum Gasteiger partial charge on any atom is -0.372 e. The first-order chi connectivity index (χ1) is 7.22. The van der Waals surface area contributed by atoms with Gasteiger partial charge in [0.25, 0.3) is 0 Å². The number of anilines is 1. The smallest absolute Gasteiger partial charge is 0.148 e. The molecule has 1 heterocycles. The Balaban J connectivity index is 2.54. The summed E-state index contributed by atoms with van der Waals surface area (Å²) in [5.41, 5.74) is 0.874. The average molecular weight is 242 g/mol. The van der Waals surface area contributed by atoms with Crippen molar-refractivity contribution < 1.29 is 0 Å². The van der Waals surface area contributed by atoms with Crippen molar-refractivity contribution in [2.45, 2.75) is 0 Å². The number of rotatable bonds is 2. The molecule has 15 heavy (non-hydrogen) atoms.